The maximum Gasteiger partial charge on any atom is 0.124 e. The summed E-state index contributed by atoms with van der Waals surface area (Å²) in [6.07, 6.45) is 2.95. The zero-order chi connectivity index (χ0) is 15.1. The number of unbranched alkanes of at least 4 members (excludes halogenated alkanes) is 1. The number of aromatic nitrogens is 2. The highest BCUT2D eigenvalue weighted by molar-refractivity contribution is 5.75. The third-order valence-electron chi connectivity index (χ3n) is 3.82. The topological polar surface area (TPSA) is 44.9 Å². The number of nitriles is 1. The molecule has 2 rings (SSSR count). The summed E-state index contributed by atoms with van der Waals surface area (Å²) >= 11 is 0. The second kappa shape index (κ2) is 7.80. The van der Waals surface area contributed by atoms with Crippen LogP contribution in [0.5, 0.6) is 0 Å². The van der Waals surface area contributed by atoms with E-state index in [1.54, 1.807) is 0 Å². The molecular weight excluding hydrogens is 260 g/mol. The van der Waals surface area contributed by atoms with Crippen molar-refractivity contribution in [1.82, 2.24) is 14.5 Å². The van der Waals surface area contributed by atoms with Crippen molar-refractivity contribution in [3.8, 4) is 6.07 Å². The third-order valence-corrected chi connectivity index (χ3v) is 3.82. The molecule has 1 aromatic heterocycles. The van der Waals surface area contributed by atoms with Gasteiger partial charge in [-0.1, -0.05) is 32.4 Å². The SMILES string of the molecule is CCCCN(CC)Cc1nc2ccccc2n1CCC#N. The van der Waals surface area contributed by atoms with E-state index in [9.17, 15) is 0 Å². The Morgan fingerprint density at radius 2 is 2.10 bits per heavy atom. The average Bonchev–Trinajstić information content (AvgIpc) is 2.86. The van der Waals surface area contributed by atoms with Crippen molar-refractivity contribution in [2.24, 2.45) is 0 Å². The molecule has 21 heavy (non-hydrogen) atoms. The van der Waals surface area contributed by atoms with E-state index in [4.69, 9.17) is 10.2 Å². The first kappa shape index (κ1) is 15.5. The minimum absolute atomic E-state index is 0.522. The first-order valence-corrected chi connectivity index (χ1v) is 7.83. The van der Waals surface area contributed by atoms with Gasteiger partial charge in [0.25, 0.3) is 0 Å². The van der Waals surface area contributed by atoms with E-state index in [1.807, 2.05) is 18.2 Å². The van der Waals surface area contributed by atoms with Crippen LogP contribution in [-0.4, -0.2) is 27.5 Å². The maximum atomic E-state index is 8.88. The van der Waals surface area contributed by atoms with E-state index in [0.717, 1.165) is 43.0 Å². The first-order chi connectivity index (χ1) is 10.3. The Balaban J connectivity index is 2.26. The number of nitrogens with zero attached hydrogens (tertiary/aromatic N) is 4. The average molecular weight is 284 g/mol. The molecule has 0 aliphatic carbocycles. The predicted octanol–water partition coefficient (Wildman–Crippen LogP) is 3.57. The van der Waals surface area contributed by atoms with Gasteiger partial charge in [0.1, 0.15) is 5.82 Å². The van der Waals surface area contributed by atoms with E-state index >= 15 is 0 Å². The van der Waals surface area contributed by atoms with Gasteiger partial charge < -0.3 is 4.57 Å². The number of para-hydroxylation sites is 2. The monoisotopic (exact) mass is 284 g/mol. The molecule has 0 aliphatic heterocycles. The van der Waals surface area contributed by atoms with Crippen LogP contribution >= 0.6 is 0 Å². The lowest BCUT2D eigenvalue weighted by Gasteiger charge is -2.20. The van der Waals surface area contributed by atoms with Crippen molar-refractivity contribution >= 4 is 11.0 Å². The molecule has 0 amide bonds. The van der Waals surface area contributed by atoms with Gasteiger partial charge in [0.15, 0.2) is 0 Å². The molecule has 112 valence electrons. The standard InChI is InChI=1S/C17H24N4/c1-3-5-12-20(4-2)14-17-19-15-9-6-7-10-16(15)21(17)13-8-11-18/h6-7,9-10H,3-5,8,12-14H2,1-2H3. The molecule has 0 radical (unpaired) electrons. The van der Waals surface area contributed by atoms with Crippen LogP contribution in [0.15, 0.2) is 24.3 Å². The van der Waals surface area contributed by atoms with Crippen molar-refractivity contribution in [1.29, 1.82) is 5.26 Å². The Bertz CT molecular complexity index is 609. The fraction of sp³-hybridized carbons (Fsp3) is 0.529. The quantitative estimate of drug-likeness (QED) is 0.744. The van der Waals surface area contributed by atoms with Crippen molar-refractivity contribution in [2.45, 2.75) is 46.2 Å². The van der Waals surface area contributed by atoms with Crippen molar-refractivity contribution in [3.05, 3.63) is 30.1 Å². The number of imidazole rings is 1. The summed E-state index contributed by atoms with van der Waals surface area (Å²) in [7, 11) is 0. The molecule has 0 saturated heterocycles. The fourth-order valence-electron chi connectivity index (χ4n) is 2.59. The largest absolute Gasteiger partial charge is 0.326 e. The van der Waals surface area contributed by atoms with Gasteiger partial charge in [-0.15, -0.1) is 0 Å². The number of hydrogen-bond donors (Lipinski definition) is 0. The Labute approximate surface area is 127 Å². The van der Waals surface area contributed by atoms with Crippen LogP contribution in [0, 0.1) is 11.3 Å². The molecule has 0 unspecified atom stereocenters. The molecule has 1 heterocycles. The predicted molar refractivity (Wildman–Crippen MR) is 85.8 cm³/mol. The second-order valence-corrected chi connectivity index (χ2v) is 5.30. The summed E-state index contributed by atoms with van der Waals surface area (Å²) in [6, 6.07) is 10.4. The minimum Gasteiger partial charge on any atom is -0.326 e. The van der Waals surface area contributed by atoms with Gasteiger partial charge in [0.2, 0.25) is 0 Å². The number of aryl methyl sites for hydroxylation is 1. The molecular formula is C17H24N4. The smallest absolute Gasteiger partial charge is 0.124 e. The van der Waals surface area contributed by atoms with Gasteiger partial charge in [0, 0.05) is 6.54 Å². The minimum atomic E-state index is 0.522. The van der Waals surface area contributed by atoms with Crippen LogP contribution < -0.4 is 0 Å². The normalized spacial score (nSPS) is 11.1. The summed E-state index contributed by atoms with van der Waals surface area (Å²) in [6.45, 7) is 8.12. The number of hydrogen-bond acceptors (Lipinski definition) is 3. The van der Waals surface area contributed by atoms with Gasteiger partial charge in [-0.2, -0.15) is 5.26 Å². The highest BCUT2D eigenvalue weighted by atomic mass is 15.2. The molecule has 4 nitrogen and oxygen atoms in total. The zero-order valence-electron chi connectivity index (χ0n) is 13.0. The van der Waals surface area contributed by atoms with Crippen molar-refractivity contribution in [2.75, 3.05) is 13.1 Å². The molecule has 1 aromatic carbocycles. The summed E-state index contributed by atoms with van der Waals surface area (Å²) in [4.78, 5) is 7.20. The van der Waals surface area contributed by atoms with Gasteiger partial charge >= 0.3 is 0 Å². The fourth-order valence-corrected chi connectivity index (χ4v) is 2.59. The first-order valence-electron chi connectivity index (χ1n) is 7.83. The maximum absolute atomic E-state index is 8.88. The van der Waals surface area contributed by atoms with Crippen LogP contribution in [0.2, 0.25) is 0 Å². The Kier molecular flexibility index (Phi) is 5.77. The molecule has 0 aliphatic rings. The van der Waals surface area contributed by atoms with E-state index < -0.39 is 0 Å². The van der Waals surface area contributed by atoms with E-state index in [0.29, 0.717) is 6.42 Å². The third kappa shape index (κ3) is 3.83. The van der Waals surface area contributed by atoms with Gasteiger partial charge in [0.05, 0.1) is 30.1 Å². The molecule has 0 saturated carbocycles. The summed E-state index contributed by atoms with van der Waals surface area (Å²) in [5.74, 6) is 1.07. The Morgan fingerprint density at radius 3 is 2.81 bits per heavy atom. The van der Waals surface area contributed by atoms with Crippen LogP contribution in [0.3, 0.4) is 0 Å². The number of benzene rings is 1. The summed E-state index contributed by atoms with van der Waals surface area (Å²) < 4.78 is 2.20. The van der Waals surface area contributed by atoms with Gasteiger partial charge in [-0.25, -0.2) is 4.98 Å². The van der Waals surface area contributed by atoms with E-state index in [2.05, 4.69) is 35.5 Å². The number of rotatable bonds is 8. The van der Waals surface area contributed by atoms with E-state index in [-0.39, 0.29) is 0 Å². The van der Waals surface area contributed by atoms with Crippen LogP contribution in [0.4, 0.5) is 0 Å². The molecule has 0 atom stereocenters. The zero-order valence-corrected chi connectivity index (χ0v) is 13.0. The molecule has 2 aromatic rings. The Hall–Kier alpha value is -1.86. The molecule has 0 fully saturated rings. The molecule has 0 N–H and O–H groups in total. The van der Waals surface area contributed by atoms with Gasteiger partial charge in [-0.05, 0) is 31.6 Å². The van der Waals surface area contributed by atoms with Gasteiger partial charge in [-0.3, -0.25) is 4.90 Å². The van der Waals surface area contributed by atoms with Crippen LogP contribution in [0.1, 0.15) is 38.9 Å². The lowest BCUT2D eigenvalue weighted by atomic mass is 10.3. The lowest BCUT2D eigenvalue weighted by molar-refractivity contribution is 0.265. The van der Waals surface area contributed by atoms with Crippen molar-refractivity contribution in [3.63, 3.8) is 0 Å². The lowest BCUT2D eigenvalue weighted by Crippen LogP contribution is -2.26. The number of fused-ring (bicyclic) bond motifs is 1. The summed E-state index contributed by atoms with van der Waals surface area (Å²) in [5.41, 5.74) is 2.16. The summed E-state index contributed by atoms with van der Waals surface area (Å²) in [5, 5.41) is 8.88. The van der Waals surface area contributed by atoms with E-state index in [1.165, 1.54) is 12.8 Å². The highest BCUT2D eigenvalue weighted by Crippen LogP contribution is 2.18. The second-order valence-electron chi connectivity index (χ2n) is 5.30. The molecule has 0 spiro atoms. The van der Waals surface area contributed by atoms with Crippen molar-refractivity contribution < 1.29 is 0 Å². The van der Waals surface area contributed by atoms with Crippen LogP contribution in [0.25, 0.3) is 11.0 Å². The highest BCUT2D eigenvalue weighted by Gasteiger charge is 2.13. The molecule has 0 bridgehead atoms. The Morgan fingerprint density at radius 1 is 1.29 bits per heavy atom. The molecule has 4 heteroatoms. The van der Waals surface area contributed by atoms with Crippen LogP contribution in [-0.2, 0) is 13.1 Å².